The second-order valence-corrected chi connectivity index (χ2v) is 8.53. The first-order chi connectivity index (χ1) is 13.8. The van der Waals surface area contributed by atoms with E-state index in [4.69, 9.17) is 9.72 Å². The third-order valence-electron chi connectivity index (χ3n) is 6.22. The Morgan fingerprint density at radius 1 is 1.38 bits per heavy atom. The van der Waals surface area contributed by atoms with Crippen LogP contribution in [-0.4, -0.2) is 58.4 Å². The Morgan fingerprint density at radius 3 is 2.83 bits per heavy atom. The molecule has 7 heteroatoms. The first kappa shape index (κ1) is 21.6. The van der Waals surface area contributed by atoms with Crippen molar-refractivity contribution in [2.75, 3.05) is 26.7 Å². The minimum absolute atomic E-state index is 0.0963. The molecule has 0 bridgehead atoms. The molecule has 29 heavy (non-hydrogen) atoms. The SMILES string of the molecule is COc1nn(C)c2nc(C)c(CCC(=O)NCC(C)N3CCCC(C)C3)c(C)c12. The number of hydrogen-bond donors (Lipinski definition) is 1. The van der Waals surface area contributed by atoms with Crippen LogP contribution in [0.5, 0.6) is 5.88 Å². The molecule has 7 nitrogen and oxygen atoms in total. The summed E-state index contributed by atoms with van der Waals surface area (Å²) in [5, 5.41) is 8.45. The number of aromatic nitrogens is 3. The highest BCUT2D eigenvalue weighted by Gasteiger charge is 2.22. The highest BCUT2D eigenvalue weighted by atomic mass is 16.5. The molecule has 2 unspecified atom stereocenters. The molecule has 1 aliphatic heterocycles. The number of nitrogens with zero attached hydrogens (tertiary/aromatic N) is 4. The molecule has 160 valence electrons. The number of carbonyl (C=O) groups excluding carboxylic acids is 1. The van der Waals surface area contributed by atoms with Gasteiger partial charge in [-0.25, -0.2) is 9.67 Å². The molecule has 0 aliphatic carbocycles. The van der Waals surface area contributed by atoms with Gasteiger partial charge in [-0.15, -0.1) is 5.10 Å². The van der Waals surface area contributed by atoms with Gasteiger partial charge in [0.2, 0.25) is 11.8 Å². The number of rotatable bonds is 7. The van der Waals surface area contributed by atoms with Gasteiger partial charge >= 0.3 is 0 Å². The van der Waals surface area contributed by atoms with Crippen molar-refractivity contribution in [1.82, 2.24) is 25.0 Å². The fraction of sp³-hybridized carbons (Fsp3) is 0.682. The molecule has 0 spiro atoms. The topological polar surface area (TPSA) is 72.3 Å². The van der Waals surface area contributed by atoms with Crippen LogP contribution in [0, 0.1) is 19.8 Å². The first-order valence-corrected chi connectivity index (χ1v) is 10.7. The van der Waals surface area contributed by atoms with Gasteiger partial charge in [0.1, 0.15) is 0 Å². The lowest BCUT2D eigenvalue weighted by Crippen LogP contribution is -2.46. The summed E-state index contributed by atoms with van der Waals surface area (Å²) in [7, 11) is 3.49. The first-order valence-electron chi connectivity index (χ1n) is 10.7. The zero-order chi connectivity index (χ0) is 21.1. The van der Waals surface area contributed by atoms with Crippen LogP contribution in [0.4, 0.5) is 0 Å². The van der Waals surface area contributed by atoms with E-state index in [0.717, 1.165) is 46.9 Å². The molecule has 1 saturated heterocycles. The number of ether oxygens (including phenoxy) is 1. The number of hydrogen-bond acceptors (Lipinski definition) is 5. The van der Waals surface area contributed by atoms with Gasteiger partial charge in [-0.05, 0) is 63.6 Å². The average molecular weight is 402 g/mol. The number of likely N-dealkylation sites (tertiary alicyclic amines) is 1. The Bertz CT molecular complexity index is 876. The van der Waals surface area contributed by atoms with Crippen molar-refractivity contribution in [2.24, 2.45) is 13.0 Å². The van der Waals surface area contributed by atoms with Gasteiger partial charge in [-0.2, -0.15) is 0 Å². The maximum absolute atomic E-state index is 12.5. The molecule has 0 aromatic carbocycles. The van der Waals surface area contributed by atoms with Gasteiger partial charge in [-0.3, -0.25) is 9.69 Å². The summed E-state index contributed by atoms with van der Waals surface area (Å²) >= 11 is 0. The molecule has 2 aromatic heterocycles. The van der Waals surface area contributed by atoms with Gasteiger partial charge in [0.25, 0.3) is 0 Å². The van der Waals surface area contributed by atoms with Crippen molar-refractivity contribution in [1.29, 1.82) is 0 Å². The lowest BCUT2D eigenvalue weighted by atomic mass is 9.99. The maximum Gasteiger partial charge on any atom is 0.242 e. The Labute approximate surface area is 173 Å². The van der Waals surface area contributed by atoms with Crippen molar-refractivity contribution >= 4 is 16.9 Å². The quantitative estimate of drug-likeness (QED) is 0.772. The number of nitrogens with one attached hydrogen (secondary N) is 1. The number of fused-ring (bicyclic) bond motifs is 1. The highest BCUT2D eigenvalue weighted by Crippen LogP contribution is 2.30. The van der Waals surface area contributed by atoms with E-state index >= 15 is 0 Å². The number of aryl methyl sites for hydroxylation is 3. The lowest BCUT2D eigenvalue weighted by molar-refractivity contribution is -0.121. The predicted molar refractivity (Wildman–Crippen MR) is 115 cm³/mol. The zero-order valence-electron chi connectivity index (χ0n) is 18.7. The van der Waals surface area contributed by atoms with Crippen LogP contribution in [0.2, 0.25) is 0 Å². The highest BCUT2D eigenvalue weighted by molar-refractivity contribution is 5.86. The van der Waals surface area contributed by atoms with Crippen molar-refractivity contribution in [2.45, 2.75) is 59.4 Å². The summed E-state index contributed by atoms with van der Waals surface area (Å²) in [6, 6.07) is 0.378. The van der Waals surface area contributed by atoms with Crippen LogP contribution < -0.4 is 10.1 Å². The standard InChI is InChI=1S/C22H35N5O2/c1-14-8-7-11-27(13-14)15(2)12-23-19(28)10-9-18-16(3)20-21(24-17(18)4)26(5)25-22(20)29-6/h14-15H,7-13H2,1-6H3,(H,23,28). The van der Waals surface area contributed by atoms with Crippen LogP contribution >= 0.6 is 0 Å². The smallest absolute Gasteiger partial charge is 0.242 e. The Morgan fingerprint density at radius 2 is 2.14 bits per heavy atom. The Balaban J connectivity index is 1.60. The second-order valence-electron chi connectivity index (χ2n) is 8.53. The third-order valence-corrected chi connectivity index (χ3v) is 6.22. The van der Waals surface area contributed by atoms with E-state index in [1.54, 1.807) is 11.8 Å². The lowest BCUT2D eigenvalue weighted by Gasteiger charge is -2.35. The summed E-state index contributed by atoms with van der Waals surface area (Å²) in [6.07, 6.45) is 3.69. The molecule has 1 fully saturated rings. The third kappa shape index (κ3) is 4.71. The number of pyridine rings is 1. The van der Waals surface area contributed by atoms with Gasteiger partial charge in [0.15, 0.2) is 5.65 Å². The van der Waals surface area contributed by atoms with Crippen LogP contribution in [0.1, 0.15) is 49.9 Å². The fourth-order valence-corrected chi connectivity index (χ4v) is 4.45. The van der Waals surface area contributed by atoms with Crippen molar-refractivity contribution in [3.8, 4) is 5.88 Å². The molecule has 3 rings (SSSR count). The molecule has 0 saturated carbocycles. The molecule has 2 aromatic rings. The van der Waals surface area contributed by atoms with E-state index in [1.165, 1.54) is 12.8 Å². The van der Waals surface area contributed by atoms with E-state index < -0.39 is 0 Å². The van der Waals surface area contributed by atoms with Crippen molar-refractivity contribution < 1.29 is 9.53 Å². The van der Waals surface area contributed by atoms with Crippen LogP contribution in [0.3, 0.4) is 0 Å². The predicted octanol–water partition coefficient (Wildman–Crippen LogP) is 2.76. The second kappa shape index (κ2) is 9.11. The Hall–Kier alpha value is -2.15. The van der Waals surface area contributed by atoms with E-state index in [9.17, 15) is 4.79 Å². The average Bonchev–Trinajstić information content (AvgIpc) is 3.01. The van der Waals surface area contributed by atoms with E-state index in [0.29, 0.717) is 31.3 Å². The summed E-state index contributed by atoms with van der Waals surface area (Å²) in [4.78, 5) is 19.7. The largest absolute Gasteiger partial charge is 0.479 e. The summed E-state index contributed by atoms with van der Waals surface area (Å²) in [5.74, 6) is 1.43. The van der Waals surface area contributed by atoms with E-state index in [1.807, 2.05) is 14.0 Å². The molecular weight excluding hydrogens is 366 g/mol. The molecule has 2 atom stereocenters. The molecule has 1 N–H and O–H groups in total. The number of amides is 1. The van der Waals surface area contributed by atoms with Gasteiger partial charge in [0, 0.05) is 38.3 Å². The van der Waals surface area contributed by atoms with E-state index in [-0.39, 0.29) is 5.91 Å². The van der Waals surface area contributed by atoms with Gasteiger partial charge in [-0.1, -0.05) is 6.92 Å². The van der Waals surface area contributed by atoms with Crippen LogP contribution in [-0.2, 0) is 18.3 Å². The summed E-state index contributed by atoms with van der Waals surface area (Å²) in [5.41, 5.74) is 3.97. The number of carbonyl (C=O) groups is 1. The fourth-order valence-electron chi connectivity index (χ4n) is 4.45. The van der Waals surface area contributed by atoms with E-state index in [2.05, 4.69) is 36.1 Å². The maximum atomic E-state index is 12.5. The van der Waals surface area contributed by atoms with Crippen molar-refractivity contribution in [3.05, 3.63) is 16.8 Å². The minimum atomic E-state index is 0.0963. The van der Waals surface area contributed by atoms with Crippen molar-refractivity contribution in [3.63, 3.8) is 0 Å². The molecule has 0 radical (unpaired) electrons. The van der Waals surface area contributed by atoms with Gasteiger partial charge < -0.3 is 10.1 Å². The van der Waals surface area contributed by atoms with Gasteiger partial charge in [0.05, 0.1) is 12.5 Å². The number of piperidine rings is 1. The Kier molecular flexibility index (Phi) is 6.77. The van der Waals surface area contributed by atoms with Crippen LogP contribution in [0.25, 0.3) is 11.0 Å². The molecule has 3 heterocycles. The molecule has 1 aliphatic rings. The normalized spacial score (nSPS) is 18.8. The monoisotopic (exact) mass is 401 g/mol. The number of methoxy groups -OCH3 is 1. The van der Waals surface area contributed by atoms with Crippen LogP contribution in [0.15, 0.2) is 0 Å². The summed E-state index contributed by atoms with van der Waals surface area (Å²) in [6.45, 7) is 11.6. The molecular formula is C22H35N5O2. The molecule has 1 amide bonds. The summed E-state index contributed by atoms with van der Waals surface area (Å²) < 4.78 is 7.17. The minimum Gasteiger partial charge on any atom is -0.479 e. The zero-order valence-corrected chi connectivity index (χ0v) is 18.7.